The fourth-order valence-electron chi connectivity index (χ4n) is 3.28. The summed E-state index contributed by atoms with van der Waals surface area (Å²) < 4.78 is 27.4. The molecular formula is C20H26ClN3O3S2. The molecule has 3 rings (SSSR count). The first-order chi connectivity index (χ1) is 13.8. The van der Waals surface area contributed by atoms with Gasteiger partial charge in [0, 0.05) is 43.6 Å². The first-order valence-corrected chi connectivity index (χ1v) is 12.4. The zero-order valence-corrected chi connectivity index (χ0v) is 19.0. The lowest BCUT2D eigenvalue weighted by Crippen LogP contribution is -2.49. The van der Waals surface area contributed by atoms with Gasteiger partial charge in [0.1, 0.15) is 0 Å². The van der Waals surface area contributed by atoms with Gasteiger partial charge in [-0.1, -0.05) is 17.7 Å². The molecule has 0 aliphatic carbocycles. The molecule has 0 bridgehead atoms. The summed E-state index contributed by atoms with van der Waals surface area (Å²) in [6.07, 6.45) is 1.01. The quantitative estimate of drug-likeness (QED) is 0.696. The number of sulfonamides is 1. The Morgan fingerprint density at radius 2 is 1.93 bits per heavy atom. The van der Waals surface area contributed by atoms with Crippen LogP contribution in [0.3, 0.4) is 0 Å². The number of thiophene rings is 1. The van der Waals surface area contributed by atoms with E-state index in [1.54, 1.807) is 30.1 Å². The van der Waals surface area contributed by atoms with Crippen molar-refractivity contribution in [2.75, 3.05) is 32.7 Å². The largest absolute Gasteiger partial charge is 0.336 e. The molecule has 0 spiro atoms. The van der Waals surface area contributed by atoms with Crippen LogP contribution in [0.2, 0.25) is 5.02 Å². The topological polar surface area (TPSA) is 69.7 Å². The molecule has 1 fully saturated rings. The zero-order chi connectivity index (χ0) is 21.0. The molecule has 0 saturated carbocycles. The van der Waals surface area contributed by atoms with E-state index in [0.29, 0.717) is 13.1 Å². The third-order valence-electron chi connectivity index (χ3n) is 4.78. The molecule has 1 aromatic heterocycles. The minimum Gasteiger partial charge on any atom is -0.336 e. The number of piperazine rings is 1. The van der Waals surface area contributed by atoms with Gasteiger partial charge in [0.2, 0.25) is 10.0 Å². The smallest absolute Gasteiger partial charge is 0.255 e. The fraction of sp³-hybridized carbons (Fsp3) is 0.450. The fourth-order valence-corrected chi connectivity index (χ4v) is 5.46. The maximum absolute atomic E-state index is 13.0. The van der Waals surface area contributed by atoms with Crippen molar-refractivity contribution < 1.29 is 13.2 Å². The number of nitrogens with one attached hydrogen (secondary N) is 1. The molecule has 2 heterocycles. The molecule has 1 N–H and O–H groups in total. The summed E-state index contributed by atoms with van der Waals surface area (Å²) in [7, 11) is -3.69. The number of hydrogen-bond donors (Lipinski definition) is 1. The van der Waals surface area contributed by atoms with Crippen LogP contribution in [0.15, 0.2) is 40.6 Å². The Bertz CT molecular complexity index is 938. The van der Waals surface area contributed by atoms with Crippen LogP contribution in [0.4, 0.5) is 0 Å². The first-order valence-electron chi connectivity index (χ1n) is 9.62. The molecule has 1 aliphatic rings. The van der Waals surface area contributed by atoms with Crippen LogP contribution in [0, 0.1) is 0 Å². The number of hydrogen-bond acceptors (Lipinski definition) is 5. The Morgan fingerprint density at radius 3 is 2.55 bits per heavy atom. The predicted octanol–water partition coefficient (Wildman–Crippen LogP) is 3.09. The van der Waals surface area contributed by atoms with E-state index in [-0.39, 0.29) is 27.4 Å². The number of amides is 1. The van der Waals surface area contributed by atoms with Crippen molar-refractivity contribution in [2.24, 2.45) is 0 Å². The van der Waals surface area contributed by atoms with Gasteiger partial charge in [-0.25, -0.2) is 13.1 Å². The minimum absolute atomic E-state index is 0.0496. The highest BCUT2D eigenvalue weighted by Gasteiger charge is 2.25. The van der Waals surface area contributed by atoms with Gasteiger partial charge in [-0.05, 0) is 49.9 Å². The summed E-state index contributed by atoms with van der Waals surface area (Å²) in [6.45, 7) is 7.25. The van der Waals surface area contributed by atoms with Crippen LogP contribution in [0.5, 0.6) is 0 Å². The van der Waals surface area contributed by atoms with Gasteiger partial charge < -0.3 is 4.90 Å². The van der Waals surface area contributed by atoms with Crippen molar-refractivity contribution in [2.45, 2.75) is 31.2 Å². The molecule has 29 heavy (non-hydrogen) atoms. The second-order valence-electron chi connectivity index (χ2n) is 7.38. The highest BCUT2D eigenvalue weighted by atomic mass is 35.5. The van der Waals surface area contributed by atoms with Crippen LogP contribution in [0.25, 0.3) is 0 Å². The summed E-state index contributed by atoms with van der Waals surface area (Å²) in [6, 6.07) is 8.23. The van der Waals surface area contributed by atoms with Gasteiger partial charge in [-0.2, -0.15) is 0 Å². The molecular weight excluding hydrogens is 430 g/mol. The number of carbonyl (C=O) groups excluding carboxylic acids is 1. The van der Waals surface area contributed by atoms with Gasteiger partial charge in [-0.15, -0.1) is 11.3 Å². The summed E-state index contributed by atoms with van der Waals surface area (Å²) in [5.74, 6) is -0.227. The highest BCUT2D eigenvalue weighted by Crippen LogP contribution is 2.23. The lowest BCUT2D eigenvalue weighted by atomic mass is 10.1. The third-order valence-corrected chi connectivity index (χ3v) is 7.71. The maximum Gasteiger partial charge on any atom is 0.255 e. The van der Waals surface area contributed by atoms with Crippen molar-refractivity contribution >= 4 is 38.9 Å². The maximum atomic E-state index is 13.0. The number of nitrogens with zero attached hydrogens (tertiary/aromatic N) is 2. The molecule has 6 nitrogen and oxygen atoms in total. The van der Waals surface area contributed by atoms with Crippen LogP contribution in [0.1, 0.15) is 29.1 Å². The van der Waals surface area contributed by atoms with Crippen molar-refractivity contribution in [1.29, 1.82) is 0 Å². The Kier molecular flexibility index (Phi) is 7.34. The Balaban J connectivity index is 1.64. The molecule has 0 radical (unpaired) electrons. The summed E-state index contributed by atoms with van der Waals surface area (Å²) in [5, 5.41) is 2.35. The van der Waals surface area contributed by atoms with Crippen LogP contribution in [-0.2, 0) is 16.4 Å². The molecule has 9 heteroatoms. The van der Waals surface area contributed by atoms with E-state index in [4.69, 9.17) is 11.6 Å². The number of carbonyl (C=O) groups is 1. The predicted molar refractivity (Wildman–Crippen MR) is 117 cm³/mol. The Labute approximate surface area is 181 Å². The minimum atomic E-state index is -3.69. The first kappa shape index (κ1) is 22.2. The normalized spacial score (nSPS) is 15.8. The molecule has 2 aromatic rings. The average molecular weight is 456 g/mol. The van der Waals surface area contributed by atoms with Gasteiger partial charge in [0.05, 0.1) is 15.5 Å². The van der Waals surface area contributed by atoms with Crippen LogP contribution < -0.4 is 4.72 Å². The van der Waals surface area contributed by atoms with E-state index in [0.717, 1.165) is 26.1 Å². The van der Waals surface area contributed by atoms with E-state index in [1.807, 2.05) is 0 Å². The van der Waals surface area contributed by atoms with E-state index >= 15 is 0 Å². The molecule has 158 valence electrons. The monoisotopic (exact) mass is 455 g/mol. The molecule has 0 atom stereocenters. The van der Waals surface area contributed by atoms with Gasteiger partial charge in [0.25, 0.3) is 5.91 Å². The molecule has 1 aliphatic heterocycles. The van der Waals surface area contributed by atoms with Gasteiger partial charge in [0.15, 0.2) is 0 Å². The third kappa shape index (κ3) is 5.79. The van der Waals surface area contributed by atoms with Crippen LogP contribution in [-0.4, -0.2) is 62.9 Å². The lowest BCUT2D eigenvalue weighted by Gasteiger charge is -2.34. The Hall–Kier alpha value is -1.45. The van der Waals surface area contributed by atoms with Crippen molar-refractivity contribution in [3.63, 3.8) is 0 Å². The van der Waals surface area contributed by atoms with Crippen LogP contribution >= 0.6 is 22.9 Å². The molecule has 1 saturated heterocycles. The summed E-state index contributed by atoms with van der Waals surface area (Å²) in [4.78, 5) is 18.5. The van der Waals surface area contributed by atoms with Crippen molar-refractivity contribution in [1.82, 2.24) is 14.5 Å². The number of benzene rings is 1. The SMILES string of the molecule is CC(C)NS(=O)(=O)c1ccc(Cl)c(C(=O)N2CCN(CCc3cccs3)CC2)c1. The van der Waals surface area contributed by atoms with Gasteiger partial charge >= 0.3 is 0 Å². The highest BCUT2D eigenvalue weighted by molar-refractivity contribution is 7.89. The number of halogens is 1. The average Bonchev–Trinajstić information content (AvgIpc) is 3.19. The number of rotatable bonds is 7. The molecule has 0 unspecified atom stereocenters. The Morgan fingerprint density at radius 1 is 1.21 bits per heavy atom. The molecule has 1 aromatic carbocycles. The summed E-state index contributed by atoms with van der Waals surface area (Å²) in [5.41, 5.74) is 0.227. The lowest BCUT2D eigenvalue weighted by molar-refractivity contribution is 0.0638. The van der Waals surface area contributed by atoms with E-state index in [1.165, 1.54) is 23.1 Å². The van der Waals surface area contributed by atoms with E-state index < -0.39 is 10.0 Å². The zero-order valence-electron chi connectivity index (χ0n) is 16.6. The second kappa shape index (κ2) is 9.57. The molecule has 1 amide bonds. The van der Waals surface area contributed by atoms with E-state index in [9.17, 15) is 13.2 Å². The van der Waals surface area contributed by atoms with Crippen molar-refractivity contribution in [3.05, 3.63) is 51.2 Å². The standard InChI is InChI=1S/C20H26ClN3O3S2/c1-15(2)22-29(26,27)17-5-6-19(21)18(14-17)20(25)24-11-9-23(10-12-24)8-7-16-4-3-13-28-16/h3-6,13-15,22H,7-12H2,1-2H3. The van der Waals surface area contributed by atoms with Gasteiger partial charge in [-0.3, -0.25) is 9.69 Å². The van der Waals surface area contributed by atoms with E-state index in [2.05, 4.69) is 27.1 Å². The second-order valence-corrected chi connectivity index (χ2v) is 10.5. The summed E-state index contributed by atoms with van der Waals surface area (Å²) >= 11 is 7.99. The van der Waals surface area contributed by atoms with Crippen molar-refractivity contribution in [3.8, 4) is 0 Å².